The molecule has 0 radical (unpaired) electrons. The van der Waals surface area contributed by atoms with Crippen molar-refractivity contribution in [3.8, 4) is 33.4 Å². The quantitative estimate of drug-likeness (QED) is 0.122. The normalized spacial score (nSPS) is 13.3. The predicted molar refractivity (Wildman–Crippen MR) is 351 cm³/mol. The molecule has 0 aliphatic carbocycles. The molecule has 17 rings (SSSR count). The molecule has 0 aromatic heterocycles. The minimum atomic E-state index is -0.0140. The summed E-state index contributed by atoms with van der Waals surface area (Å²) in [6.45, 7) is 21.1. The summed E-state index contributed by atoms with van der Waals surface area (Å²) in [6, 6.07) is 78.4. The lowest BCUT2D eigenvalue weighted by atomic mass is 9.79. The van der Waals surface area contributed by atoms with E-state index in [2.05, 4.69) is 263 Å². The molecule has 0 bridgehead atoms. The molecule has 0 saturated carbocycles. The molecule has 380 valence electrons. The van der Waals surface area contributed by atoms with E-state index in [9.17, 15) is 0 Å². The van der Waals surface area contributed by atoms with Crippen LogP contribution in [0.2, 0.25) is 0 Å². The van der Waals surface area contributed by atoms with Crippen LogP contribution in [0.15, 0.2) is 200 Å². The Kier molecular flexibility index (Phi) is 8.93. The summed E-state index contributed by atoms with van der Waals surface area (Å²) in [4.78, 5) is 0. The average molecular weight is 1020 g/mol. The summed E-state index contributed by atoms with van der Waals surface area (Å²) >= 11 is 0. The Morgan fingerprint density at radius 3 is 1.09 bits per heavy atom. The maximum atomic E-state index is 2.59. The van der Waals surface area contributed by atoms with Crippen LogP contribution in [0.3, 0.4) is 0 Å². The Bertz CT molecular complexity index is 5210. The molecule has 0 spiro atoms. The molecule has 0 heteroatoms. The molecule has 0 aliphatic heterocycles. The minimum Gasteiger partial charge on any atom is -0.0622 e. The van der Waals surface area contributed by atoms with Crippen LogP contribution in [0, 0.1) is 0 Å². The van der Waals surface area contributed by atoms with Gasteiger partial charge in [-0.25, -0.2) is 0 Å². The number of benzene rings is 15. The molecule has 80 heavy (non-hydrogen) atoms. The third-order valence-electron chi connectivity index (χ3n) is 19.0. The van der Waals surface area contributed by atoms with Crippen LogP contribution < -0.4 is 0 Å². The van der Waals surface area contributed by atoms with E-state index in [0.717, 1.165) is 0 Å². The van der Waals surface area contributed by atoms with Gasteiger partial charge in [-0.3, -0.25) is 0 Å². The van der Waals surface area contributed by atoms with Gasteiger partial charge in [-0.2, -0.15) is 0 Å². The molecule has 0 atom stereocenters. The highest BCUT2D eigenvalue weighted by atomic mass is 14.3. The first-order chi connectivity index (χ1) is 38.6. The molecule has 0 unspecified atom stereocenters. The van der Waals surface area contributed by atoms with Gasteiger partial charge in [0.25, 0.3) is 0 Å². The SMILES string of the molecule is CC(C)(C)c1cc2cc(C(C)(C)C)cc3c4ccc5c6c(-c7ccccc7)c7cc8c(cc7c(-c7ccccc7)c6c6ccc(c(c1)c23)c4c65)c1ccc2c3cccc4c(-c5ccccc5C(C)(C)C)ccc(c5ccc8c1c25)c43. The molecule has 0 aliphatic rings. The first kappa shape index (κ1) is 46.1. The fourth-order valence-electron chi connectivity index (χ4n) is 15.3. The molecule has 0 saturated heterocycles. The first-order valence-corrected chi connectivity index (χ1v) is 28.9. The molecule has 0 heterocycles. The Labute approximate surface area is 466 Å². The van der Waals surface area contributed by atoms with Gasteiger partial charge < -0.3 is 0 Å². The number of fused-ring (bicyclic) bond motifs is 11. The number of hydrogen-bond donors (Lipinski definition) is 0. The fraction of sp³-hybridized carbons (Fsp3) is 0.150. The average Bonchev–Trinajstić information content (AvgIpc) is 3.82. The second-order valence-corrected chi connectivity index (χ2v) is 26.6. The highest BCUT2D eigenvalue weighted by molar-refractivity contribution is 6.48. The van der Waals surface area contributed by atoms with Gasteiger partial charge >= 0.3 is 0 Å². The summed E-state index contributed by atoms with van der Waals surface area (Å²) in [6.07, 6.45) is 0. The Morgan fingerprint density at radius 2 is 0.600 bits per heavy atom. The van der Waals surface area contributed by atoms with E-state index < -0.39 is 0 Å². The van der Waals surface area contributed by atoms with Crippen molar-refractivity contribution < 1.29 is 0 Å². The van der Waals surface area contributed by atoms with Gasteiger partial charge in [0.2, 0.25) is 0 Å². The van der Waals surface area contributed by atoms with Gasteiger partial charge in [-0.1, -0.05) is 238 Å². The van der Waals surface area contributed by atoms with E-state index in [0.29, 0.717) is 0 Å². The largest absolute Gasteiger partial charge is 0.0622 e. The van der Waals surface area contributed by atoms with Crippen molar-refractivity contribution in [2.24, 2.45) is 0 Å². The molecule has 17 aromatic carbocycles. The maximum absolute atomic E-state index is 2.59. The lowest BCUT2D eigenvalue weighted by Gasteiger charge is -2.25. The van der Waals surface area contributed by atoms with E-state index in [4.69, 9.17) is 0 Å². The third-order valence-corrected chi connectivity index (χ3v) is 19.0. The van der Waals surface area contributed by atoms with E-state index in [1.807, 2.05) is 0 Å². The molecule has 0 fully saturated rings. The Balaban J connectivity index is 1.02. The van der Waals surface area contributed by atoms with Crippen LogP contribution in [0.25, 0.3) is 173 Å². The van der Waals surface area contributed by atoms with E-state index in [1.54, 1.807) is 0 Å². The third kappa shape index (κ3) is 6.01. The van der Waals surface area contributed by atoms with Gasteiger partial charge in [-0.15, -0.1) is 0 Å². The molecular weight excluding hydrogens is 961 g/mol. The lowest BCUT2D eigenvalue weighted by Crippen LogP contribution is -2.12. The van der Waals surface area contributed by atoms with Gasteiger partial charge in [0.1, 0.15) is 0 Å². The van der Waals surface area contributed by atoms with Crippen LogP contribution >= 0.6 is 0 Å². The van der Waals surface area contributed by atoms with Crippen LogP contribution in [0.4, 0.5) is 0 Å². The first-order valence-electron chi connectivity index (χ1n) is 28.9. The van der Waals surface area contributed by atoms with E-state index in [1.165, 1.54) is 190 Å². The summed E-state index contributed by atoms with van der Waals surface area (Å²) in [5, 5.41) is 34.7. The van der Waals surface area contributed by atoms with Crippen molar-refractivity contribution >= 4 is 140 Å². The van der Waals surface area contributed by atoms with Crippen molar-refractivity contribution in [3.63, 3.8) is 0 Å². The van der Waals surface area contributed by atoms with Gasteiger partial charge in [0.15, 0.2) is 0 Å². The number of hydrogen-bond acceptors (Lipinski definition) is 0. The van der Waals surface area contributed by atoms with Crippen molar-refractivity contribution in [1.82, 2.24) is 0 Å². The Hall–Kier alpha value is -8.84. The van der Waals surface area contributed by atoms with Gasteiger partial charge in [-0.05, 0) is 231 Å². The highest BCUT2D eigenvalue weighted by Crippen LogP contribution is 2.57. The summed E-state index contributed by atoms with van der Waals surface area (Å²) in [5.41, 5.74) is 11.8. The van der Waals surface area contributed by atoms with Crippen LogP contribution in [-0.4, -0.2) is 0 Å². The van der Waals surface area contributed by atoms with E-state index in [-0.39, 0.29) is 16.2 Å². The van der Waals surface area contributed by atoms with Crippen LogP contribution in [0.5, 0.6) is 0 Å². The predicted octanol–water partition coefficient (Wildman–Crippen LogP) is 23.3. The van der Waals surface area contributed by atoms with Gasteiger partial charge in [0.05, 0.1) is 0 Å². The maximum Gasteiger partial charge on any atom is -0.000740 e. The smallest absolute Gasteiger partial charge is 0.000740 e. The van der Waals surface area contributed by atoms with Crippen molar-refractivity contribution in [1.29, 1.82) is 0 Å². The van der Waals surface area contributed by atoms with Crippen molar-refractivity contribution in [2.45, 2.75) is 78.6 Å². The lowest BCUT2D eigenvalue weighted by molar-refractivity contribution is 0.590. The summed E-state index contributed by atoms with van der Waals surface area (Å²) in [5.74, 6) is 0. The number of rotatable bonds is 3. The van der Waals surface area contributed by atoms with Gasteiger partial charge in [0, 0.05) is 0 Å². The second-order valence-electron chi connectivity index (χ2n) is 26.6. The zero-order chi connectivity index (χ0) is 54.0. The zero-order valence-electron chi connectivity index (χ0n) is 47.1. The summed E-state index contributed by atoms with van der Waals surface area (Å²) < 4.78 is 0. The zero-order valence-corrected chi connectivity index (χ0v) is 47.1. The van der Waals surface area contributed by atoms with Crippen LogP contribution in [0.1, 0.15) is 79.0 Å². The molecule has 0 N–H and O–H groups in total. The summed E-state index contributed by atoms with van der Waals surface area (Å²) in [7, 11) is 0. The van der Waals surface area contributed by atoms with Crippen molar-refractivity contribution in [3.05, 3.63) is 217 Å². The van der Waals surface area contributed by atoms with Crippen LogP contribution in [-0.2, 0) is 16.2 Å². The minimum absolute atomic E-state index is 0.0101. The molecule has 0 nitrogen and oxygen atoms in total. The highest BCUT2D eigenvalue weighted by Gasteiger charge is 2.30. The Morgan fingerprint density at radius 1 is 0.212 bits per heavy atom. The fourth-order valence-corrected chi connectivity index (χ4v) is 15.3. The van der Waals surface area contributed by atoms with E-state index >= 15 is 0 Å². The topological polar surface area (TPSA) is 0 Å². The standard InChI is InChI=1S/C80H60/c1-78(2,3)46-37-45-38-47(79(4,5)6)40-64-58-34-36-60-75-59(35-33-57(74(58)75)63(39-46)68(45)64)76-69(43-19-12-10-13-20-43)65-41-61-55-31-29-53-51-25-18-24-50-48(49-23-16-17-26-67(49)80(7,8)9)27-28-52(71(50)51)54-30-32-56(73(55)72(53)54)62(61)42-66(65)70(77(60)76)44-21-14-11-15-22-44/h10-42H,1-9H3. The monoisotopic (exact) mass is 1020 g/mol. The van der Waals surface area contributed by atoms with Crippen molar-refractivity contribution in [2.75, 3.05) is 0 Å². The second kappa shape index (κ2) is 15.5. The molecule has 0 amide bonds. The molecular formula is C80H60. The molecule has 17 aromatic rings.